The first-order chi connectivity index (χ1) is 6.88. The van der Waals surface area contributed by atoms with Gasteiger partial charge in [0.05, 0.1) is 10.7 Å². The lowest BCUT2D eigenvalue weighted by Crippen LogP contribution is -2.10. The molecule has 1 aliphatic rings. The van der Waals surface area contributed by atoms with Crippen LogP contribution < -0.4 is 5.32 Å². The molecule has 0 bridgehead atoms. The molecule has 1 unspecified atom stereocenters. The van der Waals surface area contributed by atoms with Crippen LogP contribution in [0.15, 0.2) is 5.38 Å². The van der Waals surface area contributed by atoms with Crippen LogP contribution in [0.2, 0.25) is 0 Å². The Bertz CT molecular complexity index is 305. The molecule has 76 valence electrons. The average molecular weight is 210 g/mol. The van der Waals surface area contributed by atoms with Crippen molar-refractivity contribution < 1.29 is 4.79 Å². The summed E-state index contributed by atoms with van der Waals surface area (Å²) in [5, 5.41) is 6.51. The Balaban J connectivity index is 1.91. The maximum Gasteiger partial charge on any atom is 0.125 e. The van der Waals surface area contributed by atoms with E-state index in [1.807, 2.05) is 5.38 Å². The van der Waals surface area contributed by atoms with E-state index in [1.54, 1.807) is 11.3 Å². The van der Waals surface area contributed by atoms with Crippen LogP contribution in [0.4, 0.5) is 0 Å². The maximum atomic E-state index is 10.3. The molecule has 14 heavy (non-hydrogen) atoms. The van der Waals surface area contributed by atoms with Gasteiger partial charge in [0.2, 0.25) is 0 Å². The second kappa shape index (κ2) is 4.66. The van der Waals surface area contributed by atoms with Gasteiger partial charge in [0.25, 0.3) is 0 Å². The van der Waals surface area contributed by atoms with Gasteiger partial charge in [0.1, 0.15) is 6.29 Å². The third-order valence-electron chi connectivity index (χ3n) is 2.52. The minimum atomic E-state index is 0.458. The van der Waals surface area contributed by atoms with Gasteiger partial charge >= 0.3 is 0 Å². The number of aldehydes is 1. The van der Waals surface area contributed by atoms with E-state index in [2.05, 4.69) is 10.3 Å². The van der Waals surface area contributed by atoms with Crippen LogP contribution in [0.1, 0.15) is 17.1 Å². The van der Waals surface area contributed by atoms with Gasteiger partial charge in [-0.15, -0.1) is 11.3 Å². The molecule has 1 fully saturated rings. The molecule has 1 N–H and O–H groups in total. The lowest BCUT2D eigenvalue weighted by atomic mass is 10.1. The highest BCUT2D eigenvalue weighted by molar-refractivity contribution is 7.09. The SMILES string of the molecule is O=CCc1csc(CC2CCNC2)n1. The third kappa shape index (κ3) is 2.39. The minimum absolute atomic E-state index is 0.458. The van der Waals surface area contributed by atoms with Gasteiger partial charge < -0.3 is 10.1 Å². The van der Waals surface area contributed by atoms with Gasteiger partial charge in [0.15, 0.2) is 0 Å². The zero-order valence-corrected chi connectivity index (χ0v) is 8.85. The Hall–Kier alpha value is -0.740. The van der Waals surface area contributed by atoms with E-state index in [-0.39, 0.29) is 0 Å². The molecule has 1 aromatic rings. The Morgan fingerprint density at radius 3 is 3.36 bits per heavy atom. The normalized spacial score (nSPS) is 21.3. The molecule has 4 heteroatoms. The number of nitrogens with zero attached hydrogens (tertiary/aromatic N) is 1. The fourth-order valence-electron chi connectivity index (χ4n) is 1.76. The molecule has 1 aliphatic heterocycles. The lowest BCUT2D eigenvalue weighted by Gasteiger charge is -2.03. The predicted octanol–water partition coefficient (Wildman–Crippen LogP) is 1.04. The fourth-order valence-corrected chi connectivity index (χ4v) is 2.68. The number of nitrogens with one attached hydrogen (secondary N) is 1. The Morgan fingerprint density at radius 1 is 1.71 bits per heavy atom. The van der Waals surface area contributed by atoms with Gasteiger partial charge in [-0.25, -0.2) is 4.98 Å². The first-order valence-electron chi connectivity index (χ1n) is 4.96. The first-order valence-corrected chi connectivity index (χ1v) is 5.84. The van der Waals surface area contributed by atoms with Crippen molar-refractivity contribution in [3.63, 3.8) is 0 Å². The van der Waals surface area contributed by atoms with E-state index >= 15 is 0 Å². The standard InChI is InChI=1S/C10H14N2OS/c13-4-2-9-7-14-10(12-9)5-8-1-3-11-6-8/h4,7-8,11H,1-3,5-6H2. The third-order valence-corrected chi connectivity index (χ3v) is 3.44. The molecule has 2 heterocycles. The number of aromatic nitrogens is 1. The summed E-state index contributed by atoms with van der Waals surface area (Å²) in [6.07, 6.45) is 3.69. The number of rotatable bonds is 4. The van der Waals surface area contributed by atoms with Crippen LogP contribution >= 0.6 is 11.3 Å². The van der Waals surface area contributed by atoms with Gasteiger partial charge in [-0.2, -0.15) is 0 Å². The second-order valence-corrected chi connectivity index (χ2v) is 4.61. The topological polar surface area (TPSA) is 42.0 Å². The van der Waals surface area contributed by atoms with Crippen LogP contribution in [-0.4, -0.2) is 24.4 Å². The molecule has 0 amide bonds. The van der Waals surface area contributed by atoms with E-state index in [0.29, 0.717) is 6.42 Å². The van der Waals surface area contributed by atoms with Gasteiger partial charge in [-0.1, -0.05) is 0 Å². The number of carbonyl (C=O) groups is 1. The molecule has 0 radical (unpaired) electrons. The number of hydrogen-bond acceptors (Lipinski definition) is 4. The van der Waals surface area contributed by atoms with Gasteiger partial charge in [-0.3, -0.25) is 0 Å². The quantitative estimate of drug-likeness (QED) is 0.755. The number of thiazole rings is 1. The lowest BCUT2D eigenvalue weighted by molar-refractivity contribution is -0.107. The highest BCUT2D eigenvalue weighted by Crippen LogP contribution is 2.18. The van der Waals surface area contributed by atoms with E-state index in [4.69, 9.17) is 0 Å². The summed E-state index contributed by atoms with van der Waals surface area (Å²) in [6.45, 7) is 2.25. The minimum Gasteiger partial charge on any atom is -0.316 e. The van der Waals surface area contributed by atoms with E-state index in [1.165, 1.54) is 11.4 Å². The van der Waals surface area contributed by atoms with Crippen molar-refractivity contribution in [2.75, 3.05) is 13.1 Å². The summed E-state index contributed by atoms with van der Waals surface area (Å²) in [5.41, 5.74) is 0.922. The van der Waals surface area contributed by atoms with Gasteiger partial charge in [-0.05, 0) is 25.4 Å². The average Bonchev–Trinajstić information content (AvgIpc) is 2.79. The summed E-state index contributed by atoms with van der Waals surface area (Å²) in [6, 6.07) is 0. The fraction of sp³-hybridized carbons (Fsp3) is 0.600. The molecule has 3 nitrogen and oxygen atoms in total. The van der Waals surface area contributed by atoms with Crippen LogP contribution in [0, 0.1) is 5.92 Å². The highest BCUT2D eigenvalue weighted by Gasteiger charge is 2.16. The zero-order valence-electron chi connectivity index (χ0n) is 8.03. The first kappa shape index (κ1) is 9.80. The maximum absolute atomic E-state index is 10.3. The van der Waals surface area contributed by atoms with Crippen LogP contribution in [-0.2, 0) is 17.6 Å². The van der Waals surface area contributed by atoms with Crippen LogP contribution in [0.5, 0.6) is 0 Å². The van der Waals surface area contributed by atoms with E-state index < -0.39 is 0 Å². The van der Waals surface area contributed by atoms with Crippen molar-refractivity contribution in [1.29, 1.82) is 0 Å². The summed E-state index contributed by atoms with van der Waals surface area (Å²) < 4.78 is 0. The van der Waals surface area contributed by atoms with E-state index in [9.17, 15) is 4.79 Å². The highest BCUT2D eigenvalue weighted by atomic mass is 32.1. The largest absolute Gasteiger partial charge is 0.316 e. The Labute approximate surface area is 87.6 Å². The van der Waals surface area contributed by atoms with Gasteiger partial charge in [0, 0.05) is 18.2 Å². The van der Waals surface area contributed by atoms with Crippen molar-refractivity contribution in [2.24, 2.45) is 5.92 Å². The molecule has 0 aromatic carbocycles. The molecule has 0 spiro atoms. The van der Waals surface area contributed by atoms with Crippen molar-refractivity contribution in [3.05, 3.63) is 16.1 Å². The van der Waals surface area contributed by atoms with Crippen LogP contribution in [0.25, 0.3) is 0 Å². The summed E-state index contributed by atoms with van der Waals surface area (Å²) >= 11 is 1.68. The number of carbonyl (C=O) groups excluding carboxylic acids is 1. The summed E-state index contributed by atoms with van der Waals surface area (Å²) in [7, 11) is 0. The van der Waals surface area contributed by atoms with Crippen molar-refractivity contribution in [2.45, 2.75) is 19.3 Å². The monoisotopic (exact) mass is 210 g/mol. The molecule has 2 rings (SSSR count). The molecule has 1 atom stereocenters. The molecule has 0 aliphatic carbocycles. The zero-order chi connectivity index (χ0) is 9.80. The summed E-state index contributed by atoms with van der Waals surface area (Å²) in [5.74, 6) is 0.741. The Morgan fingerprint density at radius 2 is 2.64 bits per heavy atom. The predicted molar refractivity (Wildman–Crippen MR) is 56.6 cm³/mol. The second-order valence-electron chi connectivity index (χ2n) is 3.67. The molecule has 0 saturated carbocycles. The van der Waals surface area contributed by atoms with E-state index in [0.717, 1.165) is 37.4 Å². The molecular formula is C10H14N2OS. The molecular weight excluding hydrogens is 196 g/mol. The van der Waals surface area contributed by atoms with Crippen LogP contribution in [0.3, 0.4) is 0 Å². The Kier molecular flexibility index (Phi) is 3.26. The van der Waals surface area contributed by atoms with Crippen molar-refractivity contribution >= 4 is 17.6 Å². The molecule has 1 aromatic heterocycles. The van der Waals surface area contributed by atoms with Crippen molar-refractivity contribution in [3.8, 4) is 0 Å². The summed E-state index contributed by atoms with van der Waals surface area (Å²) in [4.78, 5) is 14.7. The molecule has 1 saturated heterocycles. The van der Waals surface area contributed by atoms with Crippen molar-refractivity contribution in [1.82, 2.24) is 10.3 Å². The smallest absolute Gasteiger partial charge is 0.125 e. The number of hydrogen-bond donors (Lipinski definition) is 1.